The Kier molecular flexibility index (Phi) is 4.28. The van der Waals surface area contributed by atoms with Crippen LogP contribution in [0.2, 0.25) is 0 Å². The molecule has 1 aromatic rings. The lowest BCUT2D eigenvalue weighted by molar-refractivity contribution is 0.387. The number of anilines is 1. The summed E-state index contributed by atoms with van der Waals surface area (Å²) < 4.78 is 0. The molecule has 0 aromatic heterocycles. The number of aryl methyl sites for hydroxylation is 2. The van der Waals surface area contributed by atoms with Gasteiger partial charge in [-0.3, -0.25) is 0 Å². The van der Waals surface area contributed by atoms with Gasteiger partial charge < -0.3 is 10.2 Å². The van der Waals surface area contributed by atoms with Gasteiger partial charge in [-0.05, 0) is 63.4 Å². The molecule has 0 aliphatic carbocycles. The second-order valence-electron chi connectivity index (χ2n) is 5.52. The van der Waals surface area contributed by atoms with Crippen LogP contribution in [0.5, 0.6) is 0 Å². The smallest absolute Gasteiger partial charge is 0.0371 e. The van der Waals surface area contributed by atoms with E-state index in [1.807, 2.05) is 0 Å². The van der Waals surface area contributed by atoms with E-state index in [0.29, 0.717) is 12.1 Å². The van der Waals surface area contributed by atoms with Gasteiger partial charge in [-0.15, -0.1) is 0 Å². The molecule has 0 amide bonds. The number of rotatable bonds is 3. The highest BCUT2D eigenvalue weighted by molar-refractivity contribution is 5.52. The van der Waals surface area contributed by atoms with E-state index in [4.69, 9.17) is 0 Å². The average Bonchev–Trinajstić information content (AvgIpc) is 2.39. The Labute approximate surface area is 111 Å². The van der Waals surface area contributed by atoms with E-state index in [2.05, 4.69) is 56.2 Å². The minimum absolute atomic E-state index is 0.628. The molecule has 2 rings (SSSR count). The highest BCUT2D eigenvalue weighted by Crippen LogP contribution is 2.26. The van der Waals surface area contributed by atoms with Gasteiger partial charge in [-0.25, -0.2) is 0 Å². The van der Waals surface area contributed by atoms with Crippen molar-refractivity contribution in [3.63, 3.8) is 0 Å². The second kappa shape index (κ2) is 5.75. The fourth-order valence-electron chi connectivity index (χ4n) is 3.04. The zero-order valence-electron chi connectivity index (χ0n) is 12.2. The van der Waals surface area contributed by atoms with Crippen molar-refractivity contribution in [2.45, 2.75) is 52.1 Å². The molecule has 1 heterocycles. The van der Waals surface area contributed by atoms with Crippen LogP contribution in [-0.4, -0.2) is 25.7 Å². The van der Waals surface area contributed by atoms with E-state index in [1.165, 1.54) is 36.2 Å². The lowest BCUT2D eigenvalue weighted by Gasteiger charge is -2.39. The first-order valence-electron chi connectivity index (χ1n) is 7.19. The van der Waals surface area contributed by atoms with E-state index in [9.17, 15) is 0 Å². The predicted octanol–water partition coefficient (Wildman–Crippen LogP) is 3.13. The van der Waals surface area contributed by atoms with Crippen molar-refractivity contribution in [2.24, 2.45) is 0 Å². The van der Waals surface area contributed by atoms with Crippen molar-refractivity contribution in [2.75, 3.05) is 18.5 Å². The summed E-state index contributed by atoms with van der Waals surface area (Å²) in [7, 11) is 2.08. The van der Waals surface area contributed by atoms with Gasteiger partial charge in [-0.2, -0.15) is 0 Å². The molecule has 2 atom stereocenters. The van der Waals surface area contributed by atoms with Gasteiger partial charge in [0.15, 0.2) is 0 Å². The Bertz CT molecular complexity index is 400. The van der Waals surface area contributed by atoms with Crippen molar-refractivity contribution >= 4 is 5.69 Å². The standard InChI is InChI=1S/C16H26N2/c1-5-14-11-16(7-6-12(14)2)18-9-8-15(17-4)10-13(18)3/h6-7,11,13,15,17H,5,8-10H2,1-4H3. The van der Waals surface area contributed by atoms with Crippen molar-refractivity contribution in [1.82, 2.24) is 5.32 Å². The molecule has 0 radical (unpaired) electrons. The minimum Gasteiger partial charge on any atom is -0.369 e. The first-order valence-corrected chi connectivity index (χ1v) is 7.19. The van der Waals surface area contributed by atoms with E-state index in [1.54, 1.807) is 0 Å². The maximum atomic E-state index is 3.41. The molecule has 1 aromatic carbocycles. The van der Waals surface area contributed by atoms with Crippen LogP contribution in [0.1, 0.15) is 37.8 Å². The zero-order chi connectivity index (χ0) is 13.1. The van der Waals surface area contributed by atoms with E-state index in [-0.39, 0.29) is 0 Å². The topological polar surface area (TPSA) is 15.3 Å². The number of benzene rings is 1. The normalized spacial score (nSPS) is 24.3. The average molecular weight is 246 g/mol. The minimum atomic E-state index is 0.628. The van der Waals surface area contributed by atoms with Gasteiger partial charge in [-0.1, -0.05) is 13.0 Å². The number of nitrogens with one attached hydrogen (secondary N) is 1. The third kappa shape index (κ3) is 2.69. The lowest BCUT2D eigenvalue weighted by atomic mass is 9.96. The Morgan fingerprint density at radius 3 is 2.78 bits per heavy atom. The van der Waals surface area contributed by atoms with Gasteiger partial charge in [0.1, 0.15) is 0 Å². The Morgan fingerprint density at radius 2 is 2.17 bits per heavy atom. The molecule has 2 unspecified atom stereocenters. The summed E-state index contributed by atoms with van der Waals surface area (Å²) in [6.45, 7) is 7.95. The summed E-state index contributed by atoms with van der Waals surface area (Å²) in [4.78, 5) is 2.56. The van der Waals surface area contributed by atoms with E-state index >= 15 is 0 Å². The molecule has 1 aliphatic rings. The monoisotopic (exact) mass is 246 g/mol. The summed E-state index contributed by atoms with van der Waals surface area (Å²) in [5.74, 6) is 0. The van der Waals surface area contributed by atoms with Crippen molar-refractivity contribution in [1.29, 1.82) is 0 Å². The molecule has 2 nitrogen and oxygen atoms in total. The highest BCUT2D eigenvalue weighted by atomic mass is 15.2. The SMILES string of the molecule is CCc1cc(N2CCC(NC)CC2C)ccc1C. The van der Waals surface area contributed by atoms with Crippen LogP contribution in [0.4, 0.5) is 5.69 Å². The van der Waals surface area contributed by atoms with E-state index < -0.39 is 0 Å². The van der Waals surface area contributed by atoms with Crippen molar-refractivity contribution < 1.29 is 0 Å². The number of hydrogen-bond donors (Lipinski definition) is 1. The molecule has 2 heteroatoms. The molecule has 1 fully saturated rings. The summed E-state index contributed by atoms with van der Waals surface area (Å²) in [6.07, 6.45) is 3.61. The Morgan fingerprint density at radius 1 is 1.39 bits per heavy atom. The van der Waals surface area contributed by atoms with Crippen molar-refractivity contribution in [3.05, 3.63) is 29.3 Å². The molecular weight excluding hydrogens is 220 g/mol. The van der Waals surface area contributed by atoms with Crippen LogP contribution in [-0.2, 0) is 6.42 Å². The number of hydrogen-bond acceptors (Lipinski definition) is 2. The van der Waals surface area contributed by atoms with Gasteiger partial charge >= 0.3 is 0 Å². The van der Waals surface area contributed by atoms with Crippen molar-refractivity contribution in [3.8, 4) is 0 Å². The van der Waals surface area contributed by atoms with Crippen LogP contribution < -0.4 is 10.2 Å². The van der Waals surface area contributed by atoms with Crippen LogP contribution in [0.15, 0.2) is 18.2 Å². The third-order valence-electron chi connectivity index (χ3n) is 4.33. The molecule has 0 spiro atoms. The molecule has 18 heavy (non-hydrogen) atoms. The Balaban J connectivity index is 2.16. The molecule has 0 bridgehead atoms. The summed E-state index contributed by atoms with van der Waals surface area (Å²) in [5.41, 5.74) is 4.30. The first-order chi connectivity index (χ1) is 8.65. The summed E-state index contributed by atoms with van der Waals surface area (Å²) in [6, 6.07) is 8.25. The molecule has 1 aliphatic heterocycles. The zero-order valence-corrected chi connectivity index (χ0v) is 12.2. The van der Waals surface area contributed by atoms with Gasteiger partial charge in [0.25, 0.3) is 0 Å². The predicted molar refractivity (Wildman–Crippen MR) is 79.4 cm³/mol. The summed E-state index contributed by atoms with van der Waals surface area (Å²) in [5, 5.41) is 3.41. The molecule has 1 N–H and O–H groups in total. The maximum absolute atomic E-state index is 3.41. The lowest BCUT2D eigenvalue weighted by Crippen LogP contribution is -2.46. The van der Waals surface area contributed by atoms with E-state index in [0.717, 1.165) is 6.42 Å². The summed E-state index contributed by atoms with van der Waals surface area (Å²) >= 11 is 0. The maximum Gasteiger partial charge on any atom is 0.0371 e. The van der Waals surface area contributed by atoms with Gasteiger partial charge in [0.05, 0.1) is 0 Å². The quantitative estimate of drug-likeness (QED) is 0.881. The van der Waals surface area contributed by atoms with Gasteiger partial charge in [0, 0.05) is 24.3 Å². The fourth-order valence-corrected chi connectivity index (χ4v) is 3.04. The number of piperidine rings is 1. The number of nitrogens with zero attached hydrogens (tertiary/aromatic N) is 1. The van der Waals surface area contributed by atoms with Crippen LogP contribution in [0.25, 0.3) is 0 Å². The van der Waals surface area contributed by atoms with Crippen LogP contribution in [0, 0.1) is 6.92 Å². The molecule has 0 saturated carbocycles. The molecule has 1 saturated heterocycles. The second-order valence-corrected chi connectivity index (χ2v) is 5.52. The largest absolute Gasteiger partial charge is 0.369 e. The Hall–Kier alpha value is -1.02. The van der Waals surface area contributed by atoms with Crippen LogP contribution >= 0.6 is 0 Å². The molecular formula is C16H26N2. The van der Waals surface area contributed by atoms with Gasteiger partial charge in [0.2, 0.25) is 0 Å². The fraction of sp³-hybridized carbons (Fsp3) is 0.625. The highest BCUT2D eigenvalue weighted by Gasteiger charge is 2.24. The van der Waals surface area contributed by atoms with Crippen LogP contribution in [0.3, 0.4) is 0 Å². The molecule has 100 valence electrons. The third-order valence-corrected chi connectivity index (χ3v) is 4.33. The first kappa shape index (κ1) is 13.4.